The van der Waals surface area contributed by atoms with Crippen LogP contribution < -0.4 is 25.6 Å². The molecule has 3 aromatic carbocycles. The number of anilines is 1. The van der Waals surface area contributed by atoms with Gasteiger partial charge in [-0.2, -0.15) is 5.06 Å². The minimum Gasteiger partial charge on any atom is -0.496 e. The van der Waals surface area contributed by atoms with Crippen molar-refractivity contribution in [2.24, 2.45) is 29.1 Å². The number of hydroxylamine groups is 2. The normalized spacial score (nSPS) is 24.7. The molecule has 14 nitrogen and oxygen atoms in total. The summed E-state index contributed by atoms with van der Waals surface area (Å²) in [6.07, 6.45) is 0.534. The van der Waals surface area contributed by atoms with E-state index >= 15 is 0 Å². The van der Waals surface area contributed by atoms with E-state index in [2.05, 4.69) is 53.8 Å². The fourth-order valence-electron chi connectivity index (χ4n) is 10.4. The molecule has 4 fully saturated rings. The monoisotopic (exact) mass is 884 g/mol. The first-order valence-corrected chi connectivity index (χ1v) is 22.8. The molecule has 0 radical (unpaired) electrons. The number of rotatable bonds is 19. The summed E-state index contributed by atoms with van der Waals surface area (Å²) in [5.41, 5.74) is 5.00. The van der Waals surface area contributed by atoms with Crippen LogP contribution in [-0.4, -0.2) is 144 Å². The van der Waals surface area contributed by atoms with Gasteiger partial charge in [0.25, 0.3) is 5.91 Å². The van der Waals surface area contributed by atoms with Crippen LogP contribution in [0.25, 0.3) is 11.1 Å². The Morgan fingerprint density at radius 2 is 1.70 bits per heavy atom. The van der Waals surface area contributed by atoms with Gasteiger partial charge in [-0.25, -0.2) is 4.79 Å². The van der Waals surface area contributed by atoms with E-state index in [1.165, 1.54) is 6.42 Å². The third-order valence-electron chi connectivity index (χ3n) is 14.0. The van der Waals surface area contributed by atoms with Gasteiger partial charge in [-0.3, -0.25) is 14.4 Å². The zero-order chi connectivity index (χ0) is 46.5. The van der Waals surface area contributed by atoms with Crippen LogP contribution in [0.1, 0.15) is 62.0 Å². The molecule has 0 aromatic heterocycles. The van der Waals surface area contributed by atoms with Crippen molar-refractivity contribution in [3.05, 3.63) is 83.4 Å². The van der Waals surface area contributed by atoms with E-state index in [0.29, 0.717) is 49.2 Å². The van der Waals surface area contributed by atoms with E-state index in [1.807, 2.05) is 107 Å². The number of carbonyl (C=O) groups excluding carboxylic acids is 3. The molecule has 9 atom stereocenters. The molecule has 4 aliphatic rings. The van der Waals surface area contributed by atoms with E-state index < -0.39 is 30.3 Å². The number of nitrogens with zero attached hydrogens (tertiary/aromatic N) is 4. The fourth-order valence-corrected chi connectivity index (χ4v) is 10.4. The molecule has 0 spiro atoms. The van der Waals surface area contributed by atoms with Crippen molar-refractivity contribution in [1.82, 2.24) is 30.8 Å². The number of amides is 3. The first-order chi connectivity index (χ1) is 30.4. The lowest BCUT2D eigenvalue weighted by atomic mass is 9.45. The SMILES string of the molecule is COc1c(CN2O[C@@H](CO)[C@@H]([C@H](C)OC(=O)NCCN(C)C)[C@H]2C(=O)N[C@H]2C[C@H]3C[C@@H]([C@@H]2C)C3(C)C)cccc1-c1cc(C(=O)N[C@@H](Cc2ccccc2)CN(C)C)cc(N(C)C)c1. The number of likely N-dealkylation sites (N-methyl/N-ethyl adjacent to an activating group) is 2. The van der Waals surface area contributed by atoms with Crippen LogP contribution >= 0.6 is 0 Å². The lowest BCUT2D eigenvalue weighted by Gasteiger charge is -2.62. The molecule has 64 heavy (non-hydrogen) atoms. The number of nitrogens with one attached hydrogen (secondary N) is 3. The molecule has 4 N–H and O–H groups in total. The molecule has 1 saturated heterocycles. The summed E-state index contributed by atoms with van der Waals surface area (Å²) in [6, 6.07) is 20.7. The van der Waals surface area contributed by atoms with Gasteiger partial charge in [0.15, 0.2) is 0 Å². The van der Waals surface area contributed by atoms with Crippen LogP contribution in [0.2, 0.25) is 0 Å². The molecule has 1 aliphatic heterocycles. The Labute approximate surface area is 380 Å². The minimum absolute atomic E-state index is 0.0183. The topological polar surface area (TPSA) is 148 Å². The fraction of sp³-hybridized carbons (Fsp3) is 0.580. The standard InChI is InChI=1S/C50H73N7O7/c1-31-41-26-37(50(41,3)4)27-42(31)53-48(60)45-44(32(2)63-49(61)51-20-21-54(5)6)43(30-58)64-57(45)28-34-18-15-19-40(46(34)62-11)35-23-36(25-39(24-35)56(9)10)47(59)52-38(29-55(7)8)22-33-16-13-12-14-17-33/h12-19,23-25,31-32,37-38,41-45,58H,20-22,26-30H2,1-11H3,(H,51,61)(H,52,59)(H,53,60)/t31-,32-,37+,38-,41-,42-,43-,44+,45-/m0/s1. The summed E-state index contributed by atoms with van der Waals surface area (Å²) >= 11 is 0. The second-order valence-electron chi connectivity index (χ2n) is 19.6. The van der Waals surface area contributed by atoms with Crippen molar-refractivity contribution < 1.29 is 33.8 Å². The van der Waals surface area contributed by atoms with Crippen LogP contribution in [0.15, 0.2) is 66.7 Å². The predicted octanol–water partition coefficient (Wildman–Crippen LogP) is 5.29. The van der Waals surface area contributed by atoms with Crippen molar-refractivity contribution in [1.29, 1.82) is 0 Å². The Hall–Kier alpha value is -4.73. The summed E-state index contributed by atoms with van der Waals surface area (Å²) in [4.78, 5) is 54.5. The number of para-hydroxylation sites is 1. The number of alkyl carbamates (subject to hydrolysis) is 1. The number of aliphatic hydroxyl groups is 1. The van der Waals surface area contributed by atoms with Crippen LogP contribution in [0.4, 0.5) is 10.5 Å². The number of methoxy groups -OCH3 is 1. The molecule has 3 saturated carbocycles. The Kier molecular flexibility index (Phi) is 16.0. The number of ether oxygens (including phenoxy) is 2. The average molecular weight is 884 g/mol. The first kappa shape index (κ1) is 48.7. The quantitative estimate of drug-likeness (QED) is 0.125. The van der Waals surface area contributed by atoms with E-state index in [0.717, 1.165) is 34.4 Å². The van der Waals surface area contributed by atoms with E-state index in [9.17, 15) is 19.5 Å². The lowest BCUT2D eigenvalue weighted by Crippen LogP contribution is -2.62. The van der Waals surface area contributed by atoms with Crippen molar-refractivity contribution in [3.63, 3.8) is 0 Å². The molecule has 7 rings (SSSR count). The van der Waals surface area contributed by atoms with Gasteiger partial charge in [0.2, 0.25) is 5.91 Å². The highest BCUT2D eigenvalue weighted by molar-refractivity contribution is 5.97. The maximum atomic E-state index is 14.8. The van der Waals surface area contributed by atoms with Crippen molar-refractivity contribution >= 4 is 23.6 Å². The summed E-state index contributed by atoms with van der Waals surface area (Å²) < 4.78 is 12.1. The second kappa shape index (κ2) is 21.1. The highest BCUT2D eigenvalue weighted by atomic mass is 16.7. The molecule has 3 amide bonds. The van der Waals surface area contributed by atoms with Gasteiger partial charge in [0.05, 0.1) is 26.2 Å². The maximum absolute atomic E-state index is 14.8. The third-order valence-corrected chi connectivity index (χ3v) is 14.0. The number of fused-ring (bicyclic) bond motifs is 2. The van der Waals surface area contributed by atoms with Crippen LogP contribution in [0, 0.1) is 29.1 Å². The van der Waals surface area contributed by atoms with Gasteiger partial charge in [-0.1, -0.05) is 69.3 Å². The highest BCUT2D eigenvalue weighted by Crippen LogP contribution is 2.61. The summed E-state index contributed by atoms with van der Waals surface area (Å²) in [6.45, 7) is 10.1. The van der Waals surface area contributed by atoms with Gasteiger partial charge in [0.1, 0.15) is 24.0 Å². The smallest absolute Gasteiger partial charge is 0.407 e. The van der Waals surface area contributed by atoms with Gasteiger partial charge in [0, 0.05) is 68.2 Å². The van der Waals surface area contributed by atoms with Gasteiger partial charge in [-0.15, -0.1) is 0 Å². The predicted molar refractivity (Wildman–Crippen MR) is 251 cm³/mol. The van der Waals surface area contributed by atoms with Crippen LogP contribution in [0.3, 0.4) is 0 Å². The Bertz CT molecular complexity index is 2060. The minimum atomic E-state index is -0.910. The number of hydrogen-bond donors (Lipinski definition) is 4. The van der Waals surface area contributed by atoms with Crippen LogP contribution in [-0.2, 0) is 27.3 Å². The summed E-state index contributed by atoms with van der Waals surface area (Å²) in [5.74, 6) is 0.775. The van der Waals surface area contributed by atoms with Gasteiger partial charge < -0.3 is 45.2 Å². The molecule has 2 bridgehead atoms. The Balaban J connectivity index is 1.30. The molecule has 3 aliphatic carbocycles. The molecular weight excluding hydrogens is 811 g/mol. The number of aliphatic hydroxyl groups excluding tert-OH is 1. The van der Waals surface area contributed by atoms with Crippen LogP contribution in [0.5, 0.6) is 5.75 Å². The zero-order valence-corrected chi connectivity index (χ0v) is 39.9. The molecule has 350 valence electrons. The van der Waals surface area contributed by atoms with Crippen molar-refractivity contribution in [3.8, 4) is 16.9 Å². The van der Waals surface area contributed by atoms with E-state index in [1.54, 1.807) is 19.1 Å². The molecule has 3 aromatic rings. The van der Waals surface area contributed by atoms with Crippen molar-refractivity contribution in [2.45, 2.75) is 83.8 Å². The maximum Gasteiger partial charge on any atom is 0.407 e. The lowest BCUT2D eigenvalue weighted by molar-refractivity contribution is -0.183. The number of hydrogen-bond acceptors (Lipinski definition) is 11. The zero-order valence-electron chi connectivity index (χ0n) is 39.9. The molecule has 14 heteroatoms. The third kappa shape index (κ3) is 11.2. The van der Waals surface area contributed by atoms with E-state index in [4.69, 9.17) is 14.3 Å². The molecule has 0 unspecified atom stereocenters. The first-order valence-electron chi connectivity index (χ1n) is 22.8. The Morgan fingerprint density at radius 1 is 0.969 bits per heavy atom. The van der Waals surface area contributed by atoms with Gasteiger partial charge >= 0.3 is 6.09 Å². The molecule has 1 heterocycles. The summed E-state index contributed by atoms with van der Waals surface area (Å²) in [7, 11) is 13.3. The largest absolute Gasteiger partial charge is 0.496 e. The number of carbonyl (C=O) groups is 3. The molecular formula is C50H73N7O7. The number of benzene rings is 3. The Morgan fingerprint density at radius 3 is 2.33 bits per heavy atom. The summed E-state index contributed by atoms with van der Waals surface area (Å²) in [5, 5.41) is 21.9. The average Bonchev–Trinajstić information content (AvgIpc) is 3.62. The highest BCUT2D eigenvalue weighted by Gasteiger charge is 2.57. The van der Waals surface area contributed by atoms with Gasteiger partial charge in [-0.05, 0) is 107 Å². The van der Waals surface area contributed by atoms with E-state index in [-0.39, 0.29) is 48.4 Å². The second-order valence-corrected chi connectivity index (χ2v) is 19.6. The van der Waals surface area contributed by atoms with Crippen molar-refractivity contribution in [2.75, 3.05) is 80.5 Å².